The van der Waals surface area contributed by atoms with Gasteiger partial charge in [-0.2, -0.15) is 0 Å². The van der Waals surface area contributed by atoms with E-state index in [0.29, 0.717) is 0 Å². The summed E-state index contributed by atoms with van der Waals surface area (Å²) in [4.78, 5) is 8.60. The van der Waals surface area contributed by atoms with Crippen LogP contribution in [0.25, 0.3) is 0 Å². The fourth-order valence-corrected chi connectivity index (χ4v) is 3.00. The van der Waals surface area contributed by atoms with Crippen molar-refractivity contribution in [3.63, 3.8) is 0 Å². The summed E-state index contributed by atoms with van der Waals surface area (Å²) in [6.45, 7) is 5.70. The third-order valence-electron chi connectivity index (χ3n) is 4.26. The molecule has 0 unspecified atom stereocenters. The maximum absolute atomic E-state index is 6.13. The molecule has 2 aromatic rings. The quantitative estimate of drug-likeness (QED) is 0.811. The first kappa shape index (κ1) is 16.9. The van der Waals surface area contributed by atoms with Crippen LogP contribution in [0.5, 0.6) is 5.75 Å². The van der Waals surface area contributed by atoms with Gasteiger partial charge in [0.2, 0.25) is 0 Å². The minimum atomic E-state index is 0.281. The number of hydrogen-bond donors (Lipinski definition) is 0. The van der Waals surface area contributed by atoms with Crippen molar-refractivity contribution in [3.05, 3.63) is 41.5 Å². The van der Waals surface area contributed by atoms with Gasteiger partial charge in [0.25, 0.3) is 0 Å². The summed E-state index contributed by atoms with van der Waals surface area (Å²) in [5.74, 6) is 1.87. The van der Waals surface area contributed by atoms with E-state index in [1.807, 2.05) is 33.3 Å². The van der Waals surface area contributed by atoms with E-state index >= 15 is 0 Å². The molecule has 1 saturated heterocycles. The Bertz CT molecular complexity index is 648. The Hall–Kier alpha value is -1.92. The molecule has 0 bridgehead atoms. The monoisotopic (exact) mass is 330 g/mol. The van der Waals surface area contributed by atoms with E-state index in [0.717, 1.165) is 61.8 Å². The minimum Gasteiger partial charge on any atom is -0.490 e. The molecule has 1 fully saturated rings. The lowest BCUT2D eigenvalue weighted by molar-refractivity contribution is 0.0949. The molecule has 2 aromatic heterocycles. The van der Waals surface area contributed by atoms with Crippen molar-refractivity contribution in [1.29, 1.82) is 0 Å². The van der Waals surface area contributed by atoms with E-state index in [1.165, 1.54) is 0 Å². The molecule has 3 heterocycles. The van der Waals surface area contributed by atoms with Gasteiger partial charge in [-0.25, -0.2) is 0 Å². The van der Waals surface area contributed by atoms with Crippen molar-refractivity contribution in [2.75, 3.05) is 27.2 Å². The third-order valence-corrected chi connectivity index (χ3v) is 4.26. The van der Waals surface area contributed by atoms with E-state index in [4.69, 9.17) is 9.26 Å². The van der Waals surface area contributed by atoms with Crippen LogP contribution in [0.3, 0.4) is 0 Å². The summed E-state index contributed by atoms with van der Waals surface area (Å²) in [6, 6.07) is 4.01. The highest BCUT2D eigenvalue weighted by atomic mass is 16.5. The number of pyridine rings is 1. The van der Waals surface area contributed by atoms with Crippen LogP contribution in [0.15, 0.2) is 29.0 Å². The molecule has 0 spiro atoms. The molecule has 0 aromatic carbocycles. The number of piperidine rings is 1. The molecule has 0 N–H and O–H groups in total. The van der Waals surface area contributed by atoms with Gasteiger partial charge in [0, 0.05) is 43.7 Å². The van der Waals surface area contributed by atoms with E-state index < -0.39 is 0 Å². The summed E-state index contributed by atoms with van der Waals surface area (Å²) in [7, 11) is 4.05. The number of hydrogen-bond acceptors (Lipinski definition) is 6. The van der Waals surface area contributed by atoms with Gasteiger partial charge in [-0.05, 0) is 39.9 Å². The largest absolute Gasteiger partial charge is 0.490 e. The van der Waals surface area contributed by atoms with E-state index in [1.54, 1.807) is 6.20 Å². The Balaban J connectivity index is 1.47. The van der Waals surface area contributed by atoms with Crippen LogP contribution >= 0.6 is 0 Å². The number of likely N-dealkylation sites (tertiary alicyclic amines) is 1. The highest BCUT2D eigenvalue weighted by molar-refractivity contribution is 5.28. The molecule has 1 aliphatic rings. The van der Waals surface area contributed by atoms with E-state index in [9.17, 15) is 0 Å². The Labute approximate surface area is 143 Å². The first-order chi connectivity index (χ1) is 11.6. The van der Waals surface area contributed by atoms with Crippen molar-refractivity contribution in [2.45, 2.75) is 39.0 Å². The van der Waals surface area contributed by atoms with Crippen LogP contribution in [-0.2, 0) is 13.1 Å². The molecule has 0 radical (unpaired) electrons. The predicted octanol–water partition coefficient (Wildman–Crippen LogP) is 2.48. The van der Waals surface area contributed by atoms with E-state index in [-0.39, 0.29) is 6.10 Å². The molecule has 6 heteroatoms. The first-order valence-corrected chi connectivity index (χ1v) is 8.49. The average molecular weight is 330 g/mol. The van der Waals surface area contributed by atoms with Gasteiger partial charge in [0.1, 0.15) is 11.9 Å². The van der Waals surface area contributed by atoms with Crippen LogP contribution in [0, 0.1) is 6.92 Å². The maximum atomic E-state index is 6.13. The molecule has 1 aliphatic heterocycles. The second-order valence-corrected chi connectivity index (χ2v) is 6.76. The van der Waals surface area contributed by atoms with Crippen molar-refractivity contribution in [3.8, 4) is 5.75 Å². The van der Waals surface area contributed by atoms with Gasteiger partial charge in [-0.3, -0.25) is 9.88 Å². The Morgan fingerprint density at radius 1 is 1.33 bits per heavy atom. The second-order valence-electron chi connectivity index (χ2n) is 6.76. The predicted molar refractivity (Wildman–Crippen MR) is 91.8 cm³/mol. The van der Waals surface area contributed by atoms with Crippen molar-refractivity contribution in [1.82, 2.24) is 19.9 Å². The first-order valence-electron chi connectivity index (χ1n) is 8.49. The summed E-state index contributed by atoms with van der Waals surface area (Å²) >= 11 is 0. The molecule has 24 heavy (non-hydrogen) atoms. The maximum Gasteiger partial charge on any atom is 0.150 e. The number of aryl methyl sites for hydroxylation is 1. The molecular formula is C18H26N4O2. The Morgan fingerprint density at radius 3 is 2.83 bits per heavy atom. The normalized spacial score (nSPS) is 16.7. The zero-order valence-electron chi connectivity index (χ0n) is 14.7. The summed E-state index contributed by atoms with van der Waals surface area (Å²) < 4.78 is 11.5. The number of rotatable bonds is 6. The topological polar surface area (TPSA) is 54.6 Å². The highest BCUT2D eigenvalue weighted by Crippen LogP contribution is 2.22. The minimum absolute atomic E-state index is 0.281. The Morgan fingerprint density at radius 2 is 2.12 bits per heavy atom. The van der Waals surface area contributed by atoms with Crippen LogP contribution in [0.1, 0.15) is 29.9 Å². The van der Waals surface area contributed by atoms with Crippen LogP contribution < -0.4 is 4.74 Å². The van der Waals surface area contributed by atoms with Crippen molar-refractivity contribution < 1.29 is 9.26 Å². The summed E-state index contributed by atoms with van der Waals surface area (Å²) in [5, 5.41) is 4.18. The summed E-state index contributed by atoms with van der Waals surface area (Å²) in [5.41, 5.74) is 2.10. The van der Waals surface area contributed by atoms with Crippen molar-refractivity contribution >= 4 is 0 Å². The molecule has 0 aliphatic carbocycles. The molecule has 6 nitrogen and oxygen atoms in total. The van der Waals surface area contributed by atoms with Crippen LogP contribution in [-0.4, -0.2) is 53.2 Å². The lowest BCUT2D eigenvalue weighted by Crippen LogP contribution is -2.37. The second kappa shape index (κ2) is 7.77. The number of nitrogens with zero attached hydrogens (tertiary/aromatic N) is 4. The average Bonchev–Trinajstić information content (AvgIpc) is 2.98. The van der Waals surface area contributed by atoms with Gasteiger partial charge >= 0.3 is 0 Å². The SMILES string of the molecule is Cc1cnccc1OC1CCN(Cc2cc(CN(C)C)on2)CC1. The van der Waals surface area contributed by atoms with Crippen LogP contribution in [0.4, 0.5) is 0 Å². The third kappa shape index (κ3) is 4.55. The van der Waals surface area contributed by atoms with Gasteiger partial charge in [-0.15, -0.1) is 0 Å². The fraction of sp³-hybridized carbons (Fsp3) is 0.556. The molecule has 130 valence electrons. The zero-order chi connectivity index (χ0) is 16.9. The van der Waals surface area contributed by atoms with Crippen LogP contribution in [0.2, 0.25) is 0 Å². The lowest BCUT2D eigenvalue weighted by Gasteiger charge is -2.31. The number of aromatic nitrogens is 2. The van der Waals surface area contributed by atoms with Gasteiger partial charge < -0.3 is 14.2 Å². The standard InChI is InChI=1S/C18H26N4O2/c1-14-11-19-7-4-18(14)23-16-5-8-22(9-6-16)12-15-10-17(24-20-15)13-21(2)3/h4,7,10-11,16H,5-6,8-9,12-13H2,1-3H3. The summed E-state index contributed by atoms with van der Waals surface area (Å²) in [6.07, 6.45) is 5.98. The lowest BCUT2D eigenvalue weighted by atomic mass is 10.1. The molecule has 0 amide bonds. The number of ether oxygens (including phenoxy) is 1. The van der Waals surface area contributed by atoms with Gasteiger partial charge in [-0.1, -0.05) is 5.16 Å². The molecule has 3 rings (SSSR count). The van der Waals surface area contributed by atoms with Crippen molar-refractivity contribution in [2.24, 2.45) is 0 Å². The Kier molecular flexibility index (Phi) is 5.48. The molecule has 0 atom stereocenters. The van der Waals surface area contributed by atoms with Gasteiger partial charge in [0.15, 0.2) is 5.76 Å². The molecular weight excluding hydrogens is 304 g/mol. The fourth-order valence-electron chi connectivity index (χ4n) is 3.00. The zero-order valence-corrected chi connectivity index (χ0v) is 14.7. The highest BCUT2D eigenvalue weighted by Gasteiger charge is 2.22. The smallest absolute Gasteiger partial charge is 0.150 e. The van der Waals surface area contributed by atoms with E-state index in [2.05, 4.69) is 26.0 Å². The molecule has 0 saturated carbocycles. The van der Waals surface area contributed by atoms with Gasteiger partial charge in [0.05, 0.1) is 12.2 Å².